The van der Waals surface area contributed by atoms with Crippen LogP contribution in [0.3, 0.4) is 0 Å². The SMILES string of the molecule is CCc1cc2c(cc3c(=O)n(CC(=O)NC4CCCCCC4)nc(CC)n32)s1. The fraction of sp³-hybridized carbons (Fsp3) is 0.571. The van der Waals surface area contributed by atoms with Crippen molar-refractivity contribution in [3.63, 3.8) is 0 Å². The predicted molar refractivity (Wildman–Crippen MR) is 113 cm³/mol. The molecule has 1 amide bonds. The second-order valence-electron chi connectivity index (χ2n) is 7.67. The zero-order valence-corrected chi connectivity index (χ0v) is 17.5. The predicted octanol–water partition coefficient (Wildman–Crippen LogP) is 3.67. The number of thiophene rings is 1. The summed E-state index contributed by atoms with van der Waals surface area (Å²) in [5, 5.41) is 7.65. The third kappa shape index (κ3) is 3.60. The number of aryl methyl sites for hydroxylation is 2. The van der Waals surface area contributed by atoms with Gasteiger partial charge in [-0.05, 0) is 31.4 Å². The van der Waals surface area contributed by atoms with Gasteiger partial charge >= 0.3 is 0 Å². The molecular weight excluding hydrogens is 372 g/mol. The zero-order valence-electron chi connectivity index (χ0n) is 16.7. The number of aromatic nitrogens is 3. The molecule has 28 heavy (non-hydrogen) atoms. The normalized spacial score (nSPS) is 15.9. The summed E-state index contributed by atoms with van der Waals surface area (Å²) >= 11 is 1.72. The number of amides is 1. The molecule has 4 rings (SSSR count). The lowest BCUT2D eigenvalue weighted by molar-refractivity contribution is -0.122. The van der Waals surface area contributed by atoms with Gasteiger partial charge in [0, 0.05) is 17.3 Å². The Morgan fingerprint density at radius 3 is 2.57 bits per heavy atom. The number of hydrogen-bond donors (Lipinski definition) is 1. The van der Waals surface area contributed by atoms with E-state index in [9.17, 15) is 9.59 Å². The molecule has 1 aliphatic carbocycles. The number of carbonyl (C=O) groups excluding carboxylic acids is 1. The first kappa shape index (κ1) is 19.2. The fourth-order valence-electron chi connectivity index (χ4n) is 4.18. The highest BCUT2D eigenvalue weighted by Crippen LogP contribution is 2.29. The van der Waals surface area contributed by atoms with Gasteiger partial charge < -0.3 is 5.32 Å². The highest BCUT2D eigenvalue weighted by molar-refractivity contribution is 7.19. The largest absolute Gasteiger partial charge is 0.352 e. The van der Waals surface area contributed by atoms with Gasteiger partial charge in [0.25, 0.3) is 5.56 Å². The number of fused-ring (bicyclic) bond motifs is 3. The van der Waals surface area contributed by atoms with Gasteiger partial charge in [0.15, 0.2) is 0 Å². The number of rotatable bonds is 5. The van der Waals surface area contributed by atoms with Gasteiger partial charge in [-0.3, -0.25) is 14.0 Å². The molecule has 3 aromatic rings. The zero-order chi connectivity index (χ0) is 19.7. The first-order valence-corrected chi connectivity index (χ1v) is 11.3. The Balaban J connectivity index is 1.64. The molecule has 7 heteroatoms. The summed E-state index contributed by atoms with van der Waals surface area (Å²) in [6.45, 7) is 4.15. The third-order valence-corrected chi connectivity index (χ3v) is 6.88. The summed E-state index contributed by atoms with van der Waals surface area (Å²) in [7, 11) is 0. The van der Waals surface area contributed by atoms with Crippen molar-refractivity contribution < 1.29 is 4.79 Å². The van der Waals surface area contributed by atoms with Gasteiger partial charge in [0.1, 0.15) is 17.9 Å². The van der Waals surface area contributed by atoms with E-state index in [-0.39, 0.29) is 24.1 Å². The Morgan fingerprint density at radius 1 is 1.14 bits per heavy atom. The minimum absolute atomic E-state index is 0.0160. The van der Waals surface area contributed by atoms with E-state index in [0.717, 1.165) is 48.1 Å². The van der Waals surface area contributed by atoms with E-state index in [1.54, 1.807) is 11.3 Å². The Kier molecular flexibility index (Phi) is 5.53. The minimum Gasteiger partial charge on any atom is -0.352 e. The monoisotopic (exact) mass is 400 g/mol. The summed E-state index contributed by atoms with van der Waals surface area (Å²) < 4.78 is 4.41. The standard InChI is InChI=1S/C21H28N4O2S/c1-3-15-11-16-18(28-15)12-17-21(27)24(23-19(4-2)25(16)17)13-20(26)22-14-9-7-5-6-8-10-14/h11-12,14H,3-10,13H2,1-2H3,(H,22,26). The van der Waals surface area contributed by atoms with Crippen molar-refractivity contribution in [1.29, 1.82) is 0 Å². The van der Waals surface area contributed by atoms with Crippen LogP contribution in [0.5, 0.6) is 0 Å². The summed E-state index contributed by atoms with van der Waals surface area (Å²) in [5.74, 6) is 0.696. The topological polar surface area (TPSA) is 68.4 Å². The molecule has 0 spiro atoms. The van der Waals surface area contributed by atoms with Crippen molar-refractivity contribution in [3.8, 4) is 0 Å². The molecule has 0 atom stereocenters. The van der Waals surface area contributed by atoms with Gasteiger partial charge in [0.05, 0.1) is 10.2 Å². The average Bonchev–Trinajstić information content (AvgIpc) is 3.13. The van der Waals surface area contributed by atoms with Gasteiger partial charge in [-0.1, -0.05) is 39.5 Å². The molecule has 3 aromatic heterocycles. The van der Waals surface area contributed by atoms with Crippen LogP contribution in [-0.2, 0) is 24.2 Å². The van der Waals surface area contributed by atoms with E-state index in [0.29, 0.717) is 11.9 Å². The van der Waals surface area contributed by atoms with Crippen molar-refractivity contribution in [2.75, 3.05) is 0 Å². The second kappa shape index (κ2) is 8.07. The molecule has 0 aliphatic heterocycles. The molecule has 0 aromatic carbocycles. The molecule has 3 heterocycles. The second-order valence-corrected chi connectivity index (χ2v) is 8.84. The lowest BCUT2D eigenvalue weighted by Crippen LogP contribution is -2.40. The van der Waals surface area contributed by atoms with Crippen LogP contribution >= 0.6 is 11.3 Å². The first-order chi connectivity index (χ1) is 13.6. The molecule has 6 nitrogen and oxygen atoms in total. The van der Waals surface area contributed by atoms with E-state index < -0.39 is 0 Å². The van der Waals surface area contributed by atoms with E-state index in [1.165, 1.54) is 22.4 Å². The summed E-state index contributed by atoms with van der Waals surface area (Å²) in [5.41, 5.74) is 1.46. The quantitative estimate of drug-likeness (QED) is 0.665. The molecular formula is C21H28N4O2S. The van der Waals surface area contributed by atoms with Crippen LogP contribution in [0.1, 0.15) is 63.1 Å². The Bertz CT molecular complexity index is 1050. The summed E-state index contributed by atoms with van der Waals surface area (Å²) in [4.78, 5) is 26.9. The number of carbonyl (C=O) groups is 1. The van der Waals surface area contributed by atoms with E-state index in [2.05, 4.69) is 23.4 Å². The highest BCUT2D eigenvalue weighted by Gasteiger charge is 2.19. The molecule has 150 valence electrons. The smallest absolute Gasteiger partial charge is 0.291 e. The minimum atomic E-state index is -0.199. The fourth-order valence-corrected chi connectivity index (χ4v) is 5.21. The van der Waals surface area contributed by atoms with E-state index >= 15 is 0 Å². The summed E-state index contributed by atoms with van der Waals surface area (Å²) in [6.07, 6.45) is 8.55. The number of nitrogens with zero attached hydrogens (tertiary/aromatic N) is 3. The van der Waals surface area contributed by atoms with Crippen LogP contribution < -0.4 is 10.9 Å². The maximum absolute atomic E-state index is 13.0. The van der Waals surface area contributed by atoms with Crippen molar-refractivity contribution in [3.05, 3.63) is 33.2 Å². The lowest BCUT2D eigenvalue weighted by atomic mass is 10.1. The van der Waals surface area contributed by atoms with Crippen LogP contribution in [-0.4, -0.2) is 26.1 Å². The molecule has 0 saturated heterocycles. The van der Waals surface area contributed by atoms with E-state index in [4.69, 9.17) is 0 Å². The third-order valence-electron chi connectivity index (χ3n) is 5.67. The summed E-state index contributed by atoms with van der Waals surface area (Å²) in [6, 6.07) is 4.32. The molecule has 1 fully saturated rings. The average molecular weight is 401 g/mol. The van der Waals surface area contributed by atoms with Crippen molar-refractivity contribution in [2.45, 2.75) is 77.8 Å². The Labute approximate surface area is 168 Å². The van der Waals surface area contributed by atoms with Crippen molar-refractivity contribution in [1.82, 2.24) is 19.5 Å². The number of nitrogens with one attached hydrogen (secondary N) is 1. The Hall–Kier alpha value is -2.15. The van der Waals surface area contributed by atoms with Crippen LogP contribution in [0.25, 0.3) is 15.7 Å². The van der Waals surface area contributed by atoms with Gasteiger partial charge in [-0.25, -0.2) is 4.68 Å². The van der Waals surface area contributed by atoms with Gasteiger partial charge in [0.2, 0.25) is 5.91 Å². The molecule has 1 saturated carbocycles. The van der Waals surface area contributed by atoms with Crippen molar-refractivity contribution in [2.24, 2.45) is 0 Å². The molecule has 1 N–H and O–H groups in total. The molecule has 0 radical (unpaired) electrons. The van der Waals surface area contributed by atoms with E-state index in [1.807, 2.05) is 17.4 Å². The Morgan fingerprint density at radius 2 is 1.89 bits per heavy atom. The lowest BCUT2D eigenvalue weighted by Gasteiger charge is -2.16. The van der Waals surface area contributed by atoms with Crippen molar-refractivity contribution >= 4 is 33.0 Å². The highest BCUT2D eigenvalue weighted by atomic mass is 32.1. The van der Waals surface area contributed by atoms with Crippen LogP contribution in [0.2, 0.25) is 0 Å². The molecule has 1 aliphatic rings. The van der Waals surface area contributed by atoms with Crippen LogP contribution in [0.4, 0.5) is 0 Å². The number of hydrogen-bond acceptors (Lipinski definition) is 4. The van der Waals surface area contributed by atoms with Crippen LogP contribution in [0, 0.1) is 0 Å². The van der Waals surface area contributed by atoms with Crippen LogP contribution in [0.15, 0.2) is 16.9 Å². The molecule has 0 bridgehead atoms. The molecule has 0 unspecified atom stereocenters. The van der Waals surface area contributed by atoms with Gasteiger partial charge in [-0.15, -0.1) is 11.3 Å². The van der Waals surface area contributed by atoms with Gasteiger partial charge in [-0.2, -0.15) is 5.10 Å². The maximum atomic E-state index is 13.0. The first-order valence-electron chi connectivity index (χ1n) is 10.4. The maximum Gasteiger partial charge on any atom is 0.291 e.